The summed E-state index contributed by atoms with van der Waals surface area (Å²) in [6.07, 6.45) is 5.01. The minimum absolute atomic E-state index is 0.0936. The number of pyridine rings is 1. The van der Waals surface area contributed by atoms with Crippen LogP contribution in [-0.4, -0.2) is 39.2 Å². The van der Waals surface area contributed by atoms with Gasteiger partial charge in [0.15, 0.2) is 23.1 Å². The van der Waals surface area contributed by atoms with E-state index in [0.717, 1.165) is 11.6 Å². The van der Waals surface area contributed by atoms with Gasteiger partial charge in [-0.3, -0.25) is 14.8 Å². The largest absolute Gasteiger partial charge is 0.494 e. The average molecular weight is 371 g/mol. The molecule has 9 heteroatoms. The normalized spacial score (nSPS) is 11.1. The molecule has 0 saturated carbocycles. The highest BCUT2D eigenvalue weighted by Crippen LogP contribution is 2.38. The summed E-state index contributed by atoms with van der Waals surface area (Å²) in [5.41, 5.74) is 1.81. The second-order valence-electron chi connectivity index (χ2n) is 5.87. The number of nitrogens with zero attached hydrogens (tertiary/aromatic N) is 4. The molecule has 0 aliphatic carbocycles. The fourth-order valence-electron chi connectivity index (χ4n) is 2.92. The molecule has 3 aromatic heterocycles. The fraction of sp³-hybridized carbons (Fsp3) is 0.167. The summed E-state index contributed by atoms with van der Waals surface area (Å²) in [5, 5.41) is 12.0. The van der Waals surface area contributed by atoms with Crippen molar-refractivity contribution in [3.8, 4) is 34.0 Å². The summed E-state index contributed by atoms with van der Waals surface area (Å²) in [5.74, 6) is -1.97. The maximum absolute atomic E-state index is 14.7. The molecule has 0 fully saturated rings. The number of aryl methyl sites for hydroxylation is 1. The third-order valence-electron chi connectivity index (χ3n) is 4.26. The Kier molecular flexibility index (Phi) is 3.98. The molecule has 7 nitrogen and oxygen atoms in total. The second kappa shape index (κ2) is 6.35. The molecule has 0 radical (unpaired) electrons. The van der Waals surface area contributed by atoms with Gasteiger partial charge >= 0.3 is 0 Å². The standard InChI is InChI=1S/C18H15F2N5O2/c1-25-8-9(6-22-25)18-10-7-21-12(4-11(10)23-24-18)15-16(19)13(26-2)5-14(27-3)17(15)20/h4-8H,1-3H3,(H,23,24). The van der Waals surface area contributed by atoms with Crippen molar-refractivity contribution >= 4 is 10.9 Å². The number of benzene rings is 1. The summed E-state index contributed by atoms with van der Waals surface area (Å²) in [4.78, 5) is 4.24. The van der Waals surface area contributed by atoms with E-state index in [1.54, 1.807) is 17.9 Å². The third kappa shape index (κ3) is 2.67. The van der Waals surface area contributed by atoms with Gasteiger partial charge in [0.05, 0.1) is 37.2 Å². The SMILES string of the molecule is COc1cc(OC)c(F)c(-c2cc3[nH]nc(-c4cnn(C)c4)c3cn2)c1F. The number of ether oxygens (including phenoxy) is 2. The molecule has 0 aliphatic heterocycles. The molecule has 4 aromatic rings. The van der Waals surface area contributed by atoms with Gasteiger partial charge in [-0.2, -0.15) is 10.2 Å². The van der Waals surface area contributed by atoms with Crippen molar-refractivity contribution in [3.63, 3.8) is 0 Å². The predicted octanol–water partition coefficient (Wildman–Crippen LogP) is 3.32. The molecule has 0 atom stereocenters. The lowest BCUT2D eigenvalue weighted by atomic mass is 10.1. The Balaban J connectivity index is 1.89. The minimum Gasteiger partial charge on any atom is -0.494 e. The molecule has 1 N–H and O–H groups in total. The second-order valence-corrected chi connectivity index (χ2v) is 5.87. The number of fused-ring (bicyclic) bond motifs is 1. The van der Waals surface area contributed by atoms with Crippen LogP contribution in [0.5, 0.6) is 11.5 Å². The Bertz CT molecular complexity index is 1120. The summed E-state index contributed by atoms with van der Waals surface area (Å²) in [7, 11) is 4.40. The highest BCUT2D eigenvalue weighted by atomic mass is 19.1. The van der Waals surface area contributed by atoms with Crippen molar-refractivity contribution in [2.45, 2.75) is 0 Å². The number of nitrogens with one attached hydrogen (secondary N) is 1. The Labute approximate surface area is 152 Å². The van der Waals surface area contributed by atoms with Crippen LogP contribution in [0.1, 0.15) is 0 Å². The van der Waals surface area contributed by atoms with Crippen LogP contribution in [0.15, 0.2) is 30.7 Å². The summed E-state index contributed by atoms with van der Waals surface area (Å²) in [6, 6.07) is 2.69. The molecule has 0 saturated heterocycles. The van der Waals surface area contributed by atoms with Crippen LogP contribution in [0.25, 0.3) is 33.4 Å². The Morgan fingerprint density at radius 3 is 2.33 bits per heavy atom. The van der Waals surface area contributed by atoms with Crippen LogP contribution in [0.2, 0.25) is 0 Å². The first-order chi connectivity index (χ1) is 13.0. The lowest BCUT2D eigenvalue weighted by Gasteiger charge is -2.12. The molecule has 4 rings (SSSR count). The lowest BCUT2D eigenvalue weighted by Crippen LogP contribution is -2.00. The van der Waals surface area contributed by atoms with E-state index in [4.69, 9.17) is 9.47 Å². The summed E-state index contributed by atoms with van der Waals surface area (Å²) in [6.45, 7) is 0. The van der Waals surface area contributed by atoms with Gasteiger partial charge in [-0.25, -0.2) is 8.78 Å². The number of H-pyrrole nitrogens is 1. The number of rotatable bonds is 4. The molecular weight excluding hydrogens is 356 g/mol. The highest BCUT2D eigenvalue weighted by molar-refractivity contribution is 5.93. The van der Waals surface area contributed by atoms with Gasteiger partial charge in [-0.05, 0) is 6.07 Å². The van der Waals surface area contributed by atoms with Crippen LogP contribution < -0.4 is 9.47 Å². The van der Waals surface area contributed by atoms with E-state index in [2.05, 4.69) is 20.3 Å². The van der Waals surface area contributed by atoms with E-state index in [0.29, 0.717) is 16.6 Å². The van der Waals surface area contributed by atoms with E-state index in [-0.39, 0.29) is 22.8 Å². The van der Waals surface area contributed by atoms with Crippen LogP contribution >= 0.6 is 0 Å². The maximum atomic E-state index is 14.7. The molecule has 1 aromatic carbocycles. The van der Waals surface area contributed by atoms with E-state index < -0.39 is 11.6 Å². The van der Waals surface area contributed by atoms with Crippen molar-refractivity contribution in [1.29, 1.82) is 0 Å². The Morgan fingerprint density at radius 2 is 1.74 bits per heavy atom. The first-order valence-electron chi connectivity index (χ1n) is 7.97. The molecule has 0 aliphatic rings. The van der Waals surface area contributed by atoms with E-state index in [1.165, 1.54) is 26.5 Å². The maximum Gasteiger partial charge on any atom is 0.177 e. The minimum atomic E-state index is -0.852. The Hall–Kier alpha value is -3.49. The van der Waals surface area contributed by atoms with Gasteiger partial charge < -0.3 is 9.47 Å². The monoisotopic (exact) mass is 371 g/mol. The molecule has 27 heavy (non-hydrogen) atoms. The number of aromatic amines is 1. The van der Waals surface area contributed by atoms with Crippen LogP contribution in [0, 0.1) is 11.6 Å². The third-order valence-corrected chi connectivity index (χ3v) is 4.26. The van der Waals surface area contributed by atoms with Crippen molar-refractivity contribution in [2.24, 2.45) is 7.05 Å². The fourth-order valence-corrected chi connectivity index (χ4v) is 2.92. The zero-order chi connectivity index (χ0) is 19.1. The van der Waals surface area contributed by atoms with Crippen molar-refractivity contribution in [1.82, 2.24) is 25.0 Å². The van der Waals surface area contributed by atoms with Crippen LogP contribution in [0.4, 0.5) is 8.78 Å². The average Bonchev–Trinajstić information content (AvgIpc) is 3.27. The summed E-state index contributed by atoms with van der Waals surface area (Å²) < 4.78 is 41.0. The van der Waals surface area contributed by atoms with Crippen molar-refractivity contribution in [2.75, 3.05) is 14.2 Å². The zero-order valence-electron chi connectivity index (χ0n) is 14.7. The highest BCUT2D eigenvalue weighted by Gasteiger charge is 2.23. The van der Waals surface area contributed by atoms with Crippen LogP contribution in [0.3, 0.4) is 0 Å². The van der Waals surface area contributed by atoms with Gasteiger partial charge in [0.25, 0.3) is 0 Å². The Morgan fingerprint density at radius 1 is 1.04 bits per heavy atom. The van der Waals surface area contributed by atoms with Crippen molar-refractivity contribution in [3.05, 3.63) is 42.4 Å². The smallest absolute Gasteiger partial charge is 0.177 e. The molecule has 0 bridgehead atoms. The number of hydrogen-bond acceptors (Lipinski definition) is 5. The first-order valence-corrected chi connectivity index (χ1v) is 7.97. The van der Waals surface area contributed by atoms with Gasteiger partial charge in [0.2, 0.25) is 0 Å². The predicted molar refractivity (Wildman–Crippen MR) is 94.5 cm³/mol. The van der Waals surface area contributed by atoms with Crippen molar-refractivity contribution < 1.29 is 18.3 Å². The number of methoxy groups -OCH3 is 2. The first kappa shape index (κ1) is 17.0. The van der Waals surface area contributed by atoms with Gasteiger partial charge in [0, 0.05) is 36.5 Å². The number of hydrogen-bond donors (Lipinski definition) is 1. The molecule has 0 spiro atoms. The number of halogens is 2. The van der Waals surface area contributed by atoms with Gasteiger partial charge in [-0.1, -0.05) is 0 Å². The van der Waals surface area contributed by atoms with E-state index in [1.807, 2.05) is 6.20 Å². The van der Waals surface area contributed by atoms with Gasteiger partial charge in [0.1, 0.15) is 5.69 Å². The van der Waals surface area contributed by atoms with Gasteiger partial charge in [-0.15, -0.1) is 0 Å². The lowest BCUT2D eigenvalue weighted by molar-refractivity contribution is 0.359. The molecule has 3 heterocycles. The summed E-state index contributed by atoms with van der Waals surface area (Å²) >= 11 is 0. The molecule has 138 valence electrons. The van der Waals surface area contributed by atoms with E-state index >= 15 is 0 Å². The molecule has 0 unspecified atom stereocenters. The molecule has 0 amide bonds. The topological polar surface area (TPSA) is 77.9 Å². The molecular formula is C18H15F2N5O2. The zero-order valence-corrected chi connectivity index (χ0v) is 14.7. The number of aromatic nitrogens is 5. The quantitative estimate of drug-likeness (QED) is 0.595. The van der Waals surface area contributed by atoms with Crippen LogP contribution in [-0.2, 0) is 7.05 Å². The van der Waals surface area contributed by atoms with E-state index in [9.17, 15) is 8.78 Å².